The van der Waals surface area contributed by atoms with Gasteiger partial charge in [0.05, 0.1) is 27.0 Å². The zero-order chi connectivity index (χ0) is 14.0. The fraction of sp³-hybridized carbons (Fsp3) is 0. The van der Waals surface area contributed by atoms with Crippen molar-refractivity contribution in [3.05, 3.63) is 57.8 Å². The van der Waals surface area contributed by atoms with Gasteiger partial charge in [-0.15, -0.1) is 0 Å². The molecule has 0 heterocycles. The molecule has 1 amide bonds. The van der Waals surface area contributed by atoms with Crippen LogP contribution in [0, 0.1) is 5.82 Å². The summed E-state index contributed by atoms with van der Waals surface area (Å²) in [6.45, 7) is 0. The first-order chi connectivity index (χ1) is 9.00. The molecule has 2 aromatic rings. The Morgan fingerprint density at radius 3 is 2.37 bits per heavy atom. The molecule has 0 fully saturated rings. The number of rotatable bonds is 2. The Kier molecular flexibility index (Phi) is 3.93. The van der Waals surface area contributed by atoms with Crippen molar-refractivity contribution in [1.82, 2.24) is 0 Å². The van der Waals surface area contributed by atoms with Crippen molar-refractivity contribution in [3.63, 3.8) is 0 Å². The van der Waals surface area contributed by atoms with Crippen LogP contribution in [0.3, 0.4) is 0 Å². The molecule has 0 spiro atoms. The number of carbonyl (C=O) groups excluding carboxylic acids is 1. The van der Waals surface area contributed by atoms with Gasteiger partial charge in [-0.3, -0.25) is 4.79 Å². The highest BCUT2D eigenvalue weighted by molar-refractivity contribution is 6.36. The van der Waals surface area contributed by atoms with Crippen molar-refractivity contribution in [3.8, 4) is 0 Å². The van der Waals surface area contributed by atoms with Gasteiger partial charge in [-0.2, -0.15) is 0 Å². The summed E-state index contributed by atoms with van der Waals surface area (Å²) in [4.78, 5) is 12.0. The third-order valence-corrected chi connectivity index (χ3v) is 3.10. The maximum Gasteiger partial charge on any atom is 0.260 e. The zero-order valence-corrected chi connectivity index (χ0v) is 11.1. The van der Waals surface area contributed by atoms with E-state index in [9.17, 15) is 9.18 Å². The molecule has 2 aromatic carbocycles. The summed E-state index contributed by atoms with van der Waals surface area (Å²) in [5.41, 5.74) is 5.97. The molecule has 0 saturated heterocycles. The van der Waals surface area contributed by atoms with Gasteiger partial charge < -0.3 is 11.1 Å². The summed E-state index contributed by atoms with van der Waals surface area (Å²) >= 11 is 11.7. The number of nitrogen functional groups attached to an aromatic ring is 1. The normalized spacial score (nSPS) is 10.3. The molecule has 0 radical (unpaired) electrons. The number of anilines is 2. The lowest BCUT2D eigenvalue weighted by atomic mass is 10.2. The Labute approximate surface area is 119 Å². The minimum atomic E-state index is -0.712. The van der Waals surface area contributed by atoms with Crippen molar-refractivity contribution in [2.24, 2.45) is 0 Å². The largest absolute Gasteiger partial charge is 0.397 e. The third kappa shape index (κ3) is 2.80. The molecule has 3 N–H and O–H groups in total. The van der Waals surface area contributed by atoms with Gasteiger partial charge in [0.1, 0.15) is 5.82 Å². The number of nitrogens with one attached hydrogen (secondary N) is 1. The highest BCUT2D eigenvalue weighted by Gasteiger charge is 2.17. The summed E-state index contributed by atoms with van der Waals surface area (Å²) in [5.74, 6) is -1.42. The van der Waals surface area contributed by atoms with E-state index in [-0.39, 0.29) is 27.0 Å². The summed E-state index contributed by atoms with van der Waals surface area (Å²) in [6, 6.07) is 8.77. The smallest absolute Gasteiger partial charge is 0.260 e. The van der Waals surface area contributed by atoms with E-state index in [2.05, 4.69) is 5.32 Å². The molecule has 0 aliphatic carbocycles. The second kappa shape index (κ2) is 5.47. The standard InChI is InChI=1S/C13H9Cl2FN2O/c14-7-3-1-5-9(16)11(7)13(19)18-12-8(15)4-2-6-10(12)17/h1-6H,17H2,(H,18,19). The number of nitrogens with two attached hydrogens (primary N) is 1. The highest BCUT2D eigenvalue weighted by Crippen LogP contribution is 2.29. The number of carbonyl (C=O) groups is 1. The number of halogens is 3. The van der Waals surface area contributed by atoms with Crippen molar-refractivity contribution in [2.75, 3.05) is 11.1 Å². The maximum atomic E-state index is 13.6. The van der Waals surface area contributed by atoms with Crippen molar-refractivity contribution < 1.29 is 9.18 Å². The van der Waals surface area contributed by atoms with Gasteiger partial charge in [-0.25, -0.2) is 4.39 Å². The summed E-state index contributed by atoms with van der Waals surface area (Å²) in [7, 11) is 0. The minimum Gasteiger partial charge on any atom is -0.397 e. The van der Waals surface area contributed by atoms with Gasteiger partial charge in [0.15, 0.2) is 0 Å². The molecule has 0 atom stereocenters. The molecule has 6 heteroatoms. The highest BCUT2D eigenvalue weighted by atomic mass is 35.5. The Hall–Kier alpha value is -1.78. The van der Waals surface area contributed by atoms with Crippen LogP contribution in [-0.4, -0.2) is 5.91 Å². The van der Waals surface area contributed by atoms with Crippen LogP contribution in [0.5, 0.6) is 0 Å². The Morgan fingerprint density at radius 1 is 1.11 bits per heavy atom. The minimum absolute atomic E-state index is 0.0168. The van der Waals surface area contributed by atoms with Crippen LogP contribution >= 0.6 is 23.2 Å². The van der Waals surface area contributed by atoms with E-state index < -0.39 is 11.7 Å². The van der Waals surface area contributed by atoms with Crippen LogP contribution in [0.2, 0.25) is 10.0 Å². The third-order valence-electron chi connectivity index (χ3n) is 2.47. The van der Waals surface area contributed by atoms with Crippen LogP contribution in [0.25, 0.3) is 0 Å². The van der Waals surface area contributed by atoms with Gasteiger partial charge in [0.2, 0.25) is 0 Å². The van der Waals surface area contributed by atoms with Gasteiger partial charge >= 0.3 is 0 Å². The second-order valence-electron chi connectivity index (χ2n) is 3.75. The van der Waals surface area contributed by atoms with Crippen molar-refractivity contribution >= 4 is 40.5 Å². The van der Waals surface area contributed by atoms with Crippen molar-refractivity contribution in [1.29, 1.82) is 0 Å². The number of amides is 1. The van der Waals surface area contributed by atoms with Crippen molar-refractivity contribution in [2.45, 2.75) is 0 Å². The van der Waals surface area contributed by atoms with Gasteiger partial charge in [0, 0.05) is 0 Å². The first-order valence-electron chi connectivity index (χ1n) is 5.30. The lowest BCUT2D eigenvalue weighted by molar-refractivity contribution is 0.102. The molecule has 2 rings (SSSR count). The quantitative estimate of drug-likeness (QED) is 0.824. The van der Waals surface area contributed by atoms with E-state index in [1.165, 1.54) is 12.1 Å². The SMILES string of the molecule is Nc1cccc(Cl)c1NC(=O)c1c(F)cccc1Cl. The molecule has 0 bridgehead atoms. The summed E-state index contributed by atoms with van der Waals surface area (Å²) < 4.78 is 13.6. The van der Waals surface area contributed by atoms with Crippen LogP contribution in [0.1, 0.15) is 10.4 Å². The van der Waals surface area contributed by atoms with Crippen LogP contribution < -0.4 is 11.1 Å². The maximum absolute atomic E-state index is 13.6. The fourth-order valence-corrected chi connectivity index (χ4v) is 2.04. The lowest BCUT2D eigenvalue weighted by Gasteiger charge is -2.11. The molecule has 98 valence electrons. The molecule has 0 aliphatic heterocycles. The molecule has 0 aliphatic rings. The molecular weight excluding hydrogens is 290 g/mol. The molecule has 0 aromatic heterocycles. The van der Waals surface area contributed by atoms with E-state index in [4.69, 9.17) is 28.9 Å². The molecular formula is C13H9Cl2FN2O. The van der Waals surface area contributed by atoms with E-state index >= 15 is 0 Å². The number of hydrogen-bond donors (Lipinski definition) is 2. The monoisotopic (exact) mass is 298 g/mol. The van der Waals surface area contributed by atoms with E-state index in [1.807, 2.05) is 0 Å². The number of hydrogen-bond acceptors (Lipinski definition) is 2. The molecule has 3 nitrogen and oxygen atoms in total. The van der Waals surface area contributed by atoms with Crippen LogP contribution in [-0.2, 0) is 0 Å². The number of benzene rings is 2. The summed E-state index contributed by atoms with van der Waals surface area (Å²) in [5, 5.41) is 2.74. The number of para-hydroxylation sites is 1. The predicted octanol–water partition coefficient (Wildman–Crippen LogP) is 3.97. The van der Waals surface area contributed by atoms with Crippen LogP contribution in [0.15, 0.2) is 36.4 Å². The predicted molar refractivity (Wildman–Crippen MR) is 75.2 cm³/mol. The topological polar surface area (TPSA) is 55.1 Å². The molecule has 0 unspecified atom stereocenters. The van der Waals surface area contributed by atoms with Gasteiger partial charge in [-0.1, -0.05) is 35.3 Å². The van der Waals surface area contributed by atoms with Gasteiger partial charge in [0.25, 0.3) is 5.91 Å². The van der Waals surface area contributed by atoms with E-state index in [0.717, 1.165) is 6.07 Å². The first-order valence-corrected chi connectivity index (χ1v) is 6.05. The average Bonchev–Trinajstić information content (AvgIpc) is 2.34. The zero-order valence-electron chi connectivity index (χ0n) is 9.58. The molecule has 19 heavy (non-hydrogen) atoms. The van der Waals surface area contributed by atoms with Crippen LogP contribution in [0.4, 0.5) is 15.8 Å². The first kappa shape index (κ1) is 13.6. The lowest BCUT2D eigenvalue weighted by Crippen LogP contribution is -2.15. The second-order valence-corrected chi connectivity index (χ2v) is 4.57. The Bertz CT molecular complexity index is 606. The fourth-order valence-electron chi connectivity index (χ4n) is 1.56. The summed E-state index contributed by atoms with van der Waals surface area (Å²) in [6.07, 6.45) is 0. The average molecular weight is 299 g/mol. The van der Waals surface area contributed by atoms with E-state index in [1.54, 1.807) is 18.2 Å². The molecule has 0 saturated carbocycles. The van der Waals surface area contributed by atoms with Gasteiger partial charge in [-0.05, 0) is 24.3 Å². The Balaban J connectivity index is 2.37. The van der Waals surface area contributed by atoms with E-state index in [0.29, 0.717) is 0 Å². The Morgan fingerprint density at radius 2 is 1.74 bits per heavy atom.